The average Bonchev–Trinajstić information content (AvgIpc) is 2.63. The van der Waals surface area contributed by atoms with E-state index in [-0.39, 0.29) is 0 Å². The minimum Gasteiger partial charge on any atom is -0.423 e. The van der Waals surface area contributed by atoms with Crippen LogP contribution in [0, 0.1) is 0 Å². The Balaban J connectivity index is 1.92. The van der Waals surface area contributed by atoms with Gasteiger partial charge in [-0.05, 0) is 36.4 Å². The lowest BCUT2D eigenvalue weighted by molar-refractivity contribution is 0.0812. The summed E-state index contributed by atoms with van der Waals surface area (Å²) in [5, 5.41) is 9.99. The summed E-state index contributed by atoms with van der Waals surface area (Å²) in [7, 11) is -0.792. The van der Waals surface area contributed by atoms with E-state index in [0.29, 0.717) is 0 Å². The van der Waals surface area contributed by atoms with E-state index in [2.05, 4.69) is 31.2 Å². The Morgan fingerprint density at radius 1 is 1.33 bits per heavy atom. The summed E-state index contributed by atoms with van der Waals surface area (Å²) in [6.07, 6.45) is 9.69. The van der Waals surface area contributed by atoms with Gasteiger partial charge in [-0.25, -0.2) is 0 Å². The molecule has 2 aliphatic rings. The number of rotatable bonds is 2. The largest absolute Gasteiger partial charge is 0.492 e. The highest BCUT2D eigenvalue weighted by molar-refractivity contribution is 6.61. The molecule has 0 aromatic heterocycles. The van der Waals surface area contributed by atoms with Crippen molar-refractivity contribution in [2.45, 2.75) is 31.8 Å². The van der Waals surface area contributed by atoms with Gasteiger partial charge in [0.05, 0.1) is 5.60 Å². The molecule has 1 aliphatic carbocycles. The summed E-state index contributed by atoms with van der Waals surface area (Å²) >= 11 is 0. The van der Waals surface area contributed by atoms with Crippen LogP contribution in [0.1, 0.15) is 31.7 Å². The summed E-state index contributed by atoms with van der Waals surface area (Å²) in [5.41, 5.74) is 2.90. The van der Waals surface area contributed by atoms with Crippen LogP contribution < -0.4 is 5.46 Å². The van der Waals surface area contributed by atoms with Gasteiger partial charge in [-0.1, -0.05) is 42.5 Å². The topological polar surface area (TPSA) is 29.5 Å². The van der Waals surface area contributed by atoms with Crippen LogP contribution in [0.2, 0.25) is 0 Å². The molecule has 0 amide bonds. The van der Waals surface area contributed by atoms with E-state index in [4.69, 9.17) is 4.65 Å². The zero-order chi connectivity index (χ0) is 12.6. The first-order valence-electron chi connectivity index (χ1n) is 6.50. The van der Waals surface area contributed by atoms with E-state index >= 15 is 0 Å². The Hall–Kier alpha value is -1.32. The SMILES string of the molecule is CC1(CC2=CCCC=C2)OB(O)c2ccccc21. The Kier molecular flexibility index (Phi) is 2.88. The third-order valence-electron chi connectivity index (χ3n) is 3.78. The van der Waals surface area contributed by atoms with Gasteiger partial charge in [0.2, 0.25) is 0 Å². The van der Waals surface area contributed by atoms with Gasteiger partial charge < -0.3 is 9.68 Å². The van der Waals surface area contributed by atoms with Crippen molar-refractivity contribution in [2.24, 2.45) is 0 Å². The van der Waals surface area contributed by atoms with Gasteiger partial charge in [0.1, 0.15) is 0 Å². The van der Waals surface area contributed by atoms with Crippen LogP contribution >= 0.6 is 0 Å². The summed E-state index contributed by atoms with van der Waals surface area (Å²) in [6, 6.07) is 7.94. The molecular weight excluding hydrogens is 223 g/mol. The molecule has 0 bridgehead atoms. The number of hydrogen-bond acceptors (Lipinski definition) is 2. The predicted octanol–water partition coefficient (Wildman–Crippen LogP) is 2.29. The Morgan fingerprint density at radius 2 is 2.17 bits per heavy atom. The fraction of sp³-hybridized carbons (Fsp3) is 0.333. The van der Waals surface area contributed by atoms with Crippen molar-refractivity contribution in [3.63, 3.8) is 0 Å². The average molecular weight is 240 g/mol. The molecule has 0 spiro atoms. The first-order chi connectivity index (χ1) is 8.69. The molecule has 3 rings (SSSR count). The second-order valence-corrected chi connectivity index (χ2v) is 5.22. The maximum absolute atomic E-state index is 9.99. The third kappa shape index (κ3) is 1.94. The second kappa shape index (κ2) is 4.41. The van der Waals surface area contributed by atoms with Crippen molar-refractivity contribution in [3.05, 3.63) is 53.6 Å². The van der Waals surface area contributed by atoms with Gasteiger partial charge >= 0.3 is 7.12 Å². The van der Waals surface area contributed by atoms with Gasteiger partial charge in [-0.2, -0.15) is 0 Å². The van der Waals surface area contributed by atoms with Crippen LogP contribution in [0.3, 0.4) is 0 Å². The van der Waals surface area contributed by atoms with Crippen LogP contribution in [0.15, 0.2) is 48.1 Å². The highest BCUT2D eigenvalue weighted by Crippen LogP contribution is 2.37. The van der Waals surface area contributed by atoms with Crippen molar-refractivity contribution in [2.75, 3.05) is 0 Å². The zero-order valence-corrected chi connectivity index (χ0v) is 10.6. The van der Waals surface area contributed by atoms with Crippen molar-refractivity contribution in [1.29, 1.82) is 0 Å². The summed E-state index contributed by atoms with van der Waals surface area (Å²) in [6.45, 7) is 2.06. The molecule has 0 saturated heterocycles. The lowest BCUT2D eigenvalue weighted by Gasteiger charge is -2.27. The summed E-state index contributed by atoms with van der Waals surface area (Å²) in [5.74, 6) is 0. The van der Waals surface area contributed by atoms with Gasteiger partial charge in [0.25, 0.3) is 0 Å². The molecule has 1 aromatic rings. The molecule has 1 heterocycles. The van der Waals surface area contributed by atoms with Crippen molar-refractivity contribution >= 4 is 12.6 Å². The fourth-order valence-corrected chi connectivity index (χ4v) is 2.89. The van der Waals surface area contributed by atoms with Gasteiger partial charge in [-0.3, -0.25) is 0 Å². The van der Waals surface area contributed by atoms with Crippen LogP contribution in [-0.2, 0) is 10.3 Å². The third-order valence-corrected chi connectivity index (χ3v) is 3.78. The van der Waals surface area contributed by atoms with Crippen LogP contribution in [0.25, 0.3) is 0 Å². The van der Waals surface area contributed by atoms with E-state index in [9.17, 15) is 5.02 Å². The molecule has 2 nitrogen and oxygen atoms in total. The normalized spacial score (nSPS) is 26.1. The van der Waals surface area contributed by atoms with Crippen molar-refractivity contribution < 1.29 is 9.68 Å². The number of benzene rings is 1. The first-order valence-corrected chi connectivity index (χ1v) is 6.50. The Morgan fingerprint density at radius 3 is 2.94 bits per heavy atom. The molecule has 92 valence electrons. The molecule has 1 unspecified atom stereocenters. The molecule has 18 heavy (non-hydrogen) atoms. The maximum Gasteiger partial charge on any atom is 0.492 e. The molecular formula is C15H17BO2. The van der Waals surface area contributed by atoms with E-state index in [1.165, 1.54) is 5.57 Å². The first kappa shape index (κ1) is 11.8. The smallest absolute Gasteiger partial charge is 0.423 e. The summed E-state index contributed by atoms with van der Waals surface area (Å²) in [4.78, 5) is 0. The van der Waals surface area contributed by atoms with Crippen molar-refractivity contribution in [3.8, 4) is 0 Å². The molecule has 0 radical (unpaired) electrons. The van der Waals surface area contributed by atoms with E-state index in [1.54, 1.807) is 0 Å². The molecule has 0 fully saturated rings. The number of fused-ring (bicyclic) bond motifs is 1. The van der Waals surface area contributed by atoms with Crippen molar-refractivity contribution in [1.82, 2.24) is 0 Å². The molecule has 1 atom stereocenters. The Bertz CT molecular complexity index is 521. The van der Waals surface area contributed by atoms with E-state index in [0.717, 1.165) is 30.3 Å². The minimum absolute atomic E-state index is 0.413. The maximum atomic E-state index is 9.99. The second-order valence-electron chi connectivity index (χ2n) is 5.22. The quantitative estimate of drug-likeness (QED) is 0.803. The van der Waals surface area contributed by atoms with Crippen LogP contribution in [-0.4, -0.2) is 12.1 Å². The van der Waals surface area contributed by atoms with Gasteiger partial charge in [-0.15, -0.1) is 0 Å². The monoisotopic (exact) mass is 240 g/mol. The van der Waals surface area contributed by atoms with E-state index in [1.807, 2.05) is 18.2 Å². The lowest BCUT2D eigenvalue weighted by Crippen LogP contribution is -2.29. The Labute approximate surface area is 108 Å². The predicted molar refractivity (Wildman–Crippen MR) is 73.6 cm³/mol. The van der Waals surface area contributed by atoms with Crippen LogP contribution in [0.5, 0.6) is 0 Å². The van der Waals surface area contributed by atoms with E-state index < -0.39 is 12.7 Å². The number of hydrogen-bond donors (Lipinski definition) is 1. The molecule has 1 aromatic carbocycles. The molecule has 1 N–H and O–H groups in total. The standard InChI is InChI=1S/C15H17BO2/c1-15(11-12-7-3-2-4-8-12)13-9-5-6-10-14(13)16(17)18-15/h3,5-10,17H,2,4,11H2,1H3. The highest BCUT2D eigenvalue weighted by atomic mass is 16.5. The van der Waals surface area contributed by atoms with Gasteiger partial charge in [0, 0.05) is 6.42 Å². The lowest BCUT2D eigenvalue weighted by atomic mass is 9.77. The molecule has 1 aliphatic heterocycles. The minimum atomic E-state index is -0.792. The highest BCUT2D eigenvalue weighted by Gasteiger charge is 2.43. The summed E-state index contributed by atoms with van der Waals surface area (Å²) < 4.78 is 5.80. The zero-order valence-electron chi connectivity index (χ0n) is 10.6. The fourth-order valence-electron chi connectivity index (χ4n) is 2.89. The molecule has 3 heteroatoms. The number of allylic oxidation sites excluding steroid dienone is 3. The van der Waals surface area contributed by atoms with Crippen LogP contribution in [0.4, 0.5) is 0 Å². The molecule has 0 saturated carbocycles. The van der Waals surface area contributed by atoms with Gasteiger partial charge in [0.15, 0.2) is 0 Å².